The molecule has 1 aliphatic carbocycles. The van der Waals surface area contributed by atoms with Crippen LogP contribution in [0.25, 0.3) is 0 Å². The van der Waals surface area contributed by atoms with Gasteiger partial charge in [0.1, 0.15) is 0 Å². The van der Waals surface area contributed by atoms with Crippen molar-refractivity contribution in [1.82, 2.24) is 5.32 Å². The van der Waals surface area contributed by atoms with Crippen molar-refractivity contribution >= 4 is 18.3 Å². The molecule has 1 saturated carbocycles. The summed E-state index contributed by atoms with van der Waals surface area (Å²) < 4.78 is 0. The number of nitrogens with two attached hydrogens (primary N) is 1. The van der Waals surface area contributed by atoms with Crippen LogP contribution in [0.4, 0.5) is 0 Å². The van der Waals surface area contributed by atoms with Crippen LogP contribution in [0.1, 0.15) is 25.8 Å². The molecule has 1 aromatic carbocycles. The van der Waals surface area contributed by atoms with Gasteiger partial charge in [0.25, 0.3) is 0 Å². The molecule has 0 aliphatic heterocycles. The number of benzene rings is 1. The average Bonchev–Trinajstić information content (AvgIpc) is 2.95. The van der Waals surface area contributed by atoms with Gasteiger partial charge in [-0.25, -0.2) is 0 Å². The number of rotatable bonds is 5. The molecule has 19 heavy (non-hydrogen) atoms. The maximum atomic E-state index is 11.9. The molecular formula is C15H23ClN2O. The summed E-state index contributed by atoms with van der Waals surface area (Å²) >= 11 is 0. The fourth-order valence-electron chi connectivity index (χ4n) is 2.24. The van der Waals surface area contributed by atoms with Gasteiger partial charge in [0.15, 0.2) is 0 Å². The molecule has 0 radical (unpaired) electrons. The Morgan fingerprint density at radius 2 is 2.00 bits per heavy atom. The van der Waals surface area contributed by atoms with Gasteiger partial charge in [0.2, 0.25) is 5.91 Å². The molecule has 0 heterocycles. The predicted molar refractivity (Wildman–Crippen MR) is 80.3 cm³/mol. The van der Waals surface area contributed by atoms with E-state index in [0.717, 1.165) is 12.1 Å². The molecule has 1 amide bonds. The van der Waals surface area contributed by atoms with Crippen LogP contribution in [-0.4, -0.2) is 18.5 Å². The van der Waals surface area contributed by atoms with E-state index in [1.54, 1.807) is 0 Å². The molecule has 4 heteroatoms. The molecule has 3 N–H and O–H groups in total. The Morgan fingerprint density at radius 1 is 1.42 bits per heavy atom. The highest BCUT2D eigenvalue weighted by atomic mass is 35.5. The van der Waals surface area contributed by atoms with Gasteiger partial charge in [-0.15, -0.1) is 12.4 Å². The first-order valence-electron chi connectivity index (χ1n) is 6.56. The van der Waals surface area contributed by atoms with Crippen molar-refractivity contribution in [3.63, 3.8) is 0 Å². The van der Waals surface area contributed by atoms with E-state index in [9.17, 15) is 4.79 Å². The lowest BCUT2D eigenvalue weighted by atomic mass is 10.1. The zero-order chi connectivity index (χ0) is 13.2. The van der Waals surface area contributed by atoms with Crippen molar-refractivity contribution in [3.05, 3.63) is 35.9 Å². The Balaban J connectivity index is 0.00000180. The highest BCUT2D eigenvalue weighted by Gasteiger charge is 2.45. The molecule has 1 unspecified atom stereocenters. The van der Waals surface area contributed by atoms with E-state index in [1.165, 1.54) is 6.42 Å². The van der Waals surface area contributed by atoms with Crippen molar-refractivity contribution in [3.8, 4) is 0 Å². The van der Waals surface area contributed by atoms with Gasteiger partial charge in [-0.3, -0.25) is 4.79 Å². The normalized spacial score (nSPS) is 21.1. The molecule has 0 spiro atoms. The predicted octanol–water partition coefficient (Wildman–Crippen LogP) is 2.14. The minimum Gasteiger partial charge on any atom is -0.354 e. The number of carbonyl (C=O) groups is 1. The molecular weight excluding hydrogens is 260 g/mol. The van der Waals surface area contributed by atoms with Gasteiger partial charge < -0.3 is 11.1 Å². The van der Waals surface area contributed by atoms with Crippen molar-refractivity contribution in [2.45, 2.75) is 32.7 Å². The lowest BCUT2D eigenvalue weighted by molar-refractivity contribution is -0.122. The summed E-state index contributed by atoms with van der Waals surface area (Å²) in [4.78, 5) is 11.9. The third kappa shape index (κ3) is 4.51. The highest BCUT2D eigenvalue weighted by molar-refractivity contribution is 5.85. The largest absolute Gasteiger partial charge is 0.354 e. The molecule has 2 atom stereocenters. The van der Waals surface area contributed by atoms with E-state index in [-0.39, 0.29) is 18.3 Å². The summed E-state index contributed by atoms with van der Waals surface area (Å²) in [5, 5.41) is 2.96. The lowest BCUT2D eigenvalue weighted by Gasteiger charge is -2.12. The summed E-state index contributed by atoms with van der Waals surface area (Å²) in [5.41, 5.74) is 7.41. The second kappa shape index (κ2) is 6.40. The van der Waals surface area contributed by atoms with Crippen LogP contribution in [0.3, 0.4) is 0 Å². The number of nitrogens with one attached hydrogen (secondary N) is 1. The third-order valence-corrected chi connectivity index (χ3v) is 3.88. The van der Waals surface area contributed by atoms with Crippen LogP contribution < -0.4 is 11.1 Å². The van der Waals surface area contributed by atoms with Crippen LogP contribution in [-0.2, 0) is 11.2 Å². The van der Waals surface area contributed by atoms with E-state index < -0.39 is 6.04 Å². The second-order valence-electron chi connectivity index (χ2n) is 5.93. The molecule has 1 aliphatic rings. The molecule has 106 valence electrons. The summed E-state index contributed by atoms with van der Waals surface area (Å²) in [6.07, 6.45) is 1.79. The number of carbonyl (C=O) groups excluding carboxylic acids is 1. The first-order chi connectivity index (χ1) is 8.49. The van der Waals surface area contributed by atoms with Crippen LogP contribution in [0.5, 0.6) is 0 Å². The van der Waals surface area contributed by atoms with Gasteiger partial charge >= 0.3 is 0 Å². The maximum absolute atomic E-state index is 11.9. The Hall–Kier alpha value is -1.06. The van der Waals surface area contributed by atoms with Crippen LogP contribution in [0, 0.1) is 11.3 Å². The van der Waals surface area contributed by atoms with E-state index in [4.69, 9.17) is 5.73 Å². The molecule has 2 rings (SSSR count). The quantitative estimate of drug-likeness (QED) is 0.869. The van der Waals surface area contributed by atoms with E-state index in [2.05, 4.69) is 19.2 Å². The monoisotopic (exact) mass is 282 g/mol. The molecule has 0 saturated heterocycles. The van der Waals surface area contributed by atoms with Gasteiger partial charge in [0.05, 0.1) is 6.04 Å². The Bertz CT molecular complexity index is 419. The van der Waals surface area contributed by atoms with E-state index in [0.29, 0.717) is 17.8 Å². The van der Waals surface area contributed by atoms with E-state index >= 15 is 0 Å². The maximum Gasteiger partial charge on any atom is 0.237 e. The van der Waals surface area contributed by atoms with Crippen molar-refractivity contribution in [2.75, 3.05) is 6.54 Å². The number of hydrogen-bond acceptors (Lipinski definition) is 2. The Morgan fingerprint density at radius 3 is 2.53 bits per heavy atom. The van der Waals surface area contributed by atoms with Gasteiger partial charge in [-0.05, 0) is 29.7 Å². The Labute approximate surface area is 121 Å². The molecule has 3 nitrogen and oxygen atoms in total. The van der Waals surface area contributed by atoms with E-state index in [1.807, 2.05) is 30.3 Å². The average molecular weight is 283 g/mol. The molecule has 1 fully saturated rings. The molecule has 1 aromatic rings. The topological polar surface area (TPSA) is 55.1 Å². The van der Waals surface area contributed by atoms with Gasteiger partial charge in [-0.2, -0.15) is 0 Å². The van der Waals surface area contributed by atoms with Gasteiger partial charge in [0, 0.05) is 6.54 Å². The first-order valence-corrected chi connectivity index (χ1v) is 6.56. The fraction of sp³-hybridized carbons (Fsp3) is 0.533. The third-order valence-electron chi connectivity index (χ3n) is 3.88. The Kier molecular flexibility index (Phi) is 5.39. The fourth-order valence-corrected chi connectivity index (χ4v) is 2.24. The number of amides is 1. The summed E-state index contributed by atoms with van der Waals surface area (Å²) in [6, 6.07) is 9.44. The highest BCUT2D eigenvalue weighted by Crippen LogP contribution is 2.50. The molecule has 0 bridgehead atoms. The SMILES string of the molecule is CC1(C)CC1CNC(=O)[C@@H](N)Cc1ccccc1.Cl. The van der Waals surface area contributed by atoms with Crippen molar-refractivity contribution in [2.24, 2.45) is 17.1 Å². The van der Waals surface area contributed by atoms with Crippen LogP contribution in [0.2, 0.25) is 0 Å². The minimum atomic E-state index is -0.450. The smallest absolute Gasteiger partial charge is 0.237 e. The van der Waals surface area contributed by atoms with Crippen molar-refractivity contribution < 1.29 is 4.79 Å². The van der Waals surface area contributed by atoms with Crippen molar-refractivity contribution in [1.29, 1.82) is 0 Å². The first kappa shape index (κ1) is 16.0. The zero-order valence-corrected chi connectivity index (χ0v) is 12.4. The standard InChI is InChI=1S/C15H22N2O.ClH/c1-15(2)9-12(15)10-17-14(18)13(16)8-11-6-4-3-5-7-11;/h3-7,12-13H,8-10,16H2,1-2H3,(H,17,18);1H/t12?,13-;/m0./s1. The summed E-state index contributed by atoms with van der Waals surface area (Å²) in [5.74, 6) is 0.576. The number of hydrogen-bond donors (Lipinski definition) is 2. The summed E-state index contributed by atoms with van der Waals surface area (Å²) in [6.45, 7) is 5.22. The summed E-state index contributed by atoms with van der Waals surface area (Å²) in [7, 11) is 0. The van der Waals surface area contributed by atoms with Crippen LogP contribution in [0.15, 0.2) is 30.3 Å². The molecule has 0 aromatic heterocycles. The van der Waals surface area contributed by atoms with Crippen LogP contribution >= 0.6 is 12.4 Å². The number of halogens is 1. The zero-order valence-electron chi connectivity index (χ0n) is 11.6. The lowest BCUT2D eigenvalue weighted by Crippen LogP contribution is -2.42. The minimum absolute atomic E-state index is 0. The van der Waals surface area contributed by atoms with Gasteiger partial charge in [-0.1, -0.05) is 44.2 Å². The second-order valence-corrected chi connectivity index (χ2v) is 5.93.